The van der Waals surface area contributed by atoms with Crippen LogP contribution in [0.4, 0.5) is 11.5 Å². The molecule has 0 saturated carbocycles. The van der Waals surface area contributed by atoms with Crippen molar-refractivity contribution in [2.24, 2.45) is 0 Å². The fourth-order valence-corrected chi connectivity index (χ4v) is 6.04. The van der Waals surface area contributed by atoms with E-state index in [1.54, 1.807) is 6.33 Å². The summed E-state index contributed by atoms with van der Waals surface area (Å²) >= 11 is 6.08. The molecular weight excluding hydrogens is 585 g/mol. The number of unbranched alkanes of at least 4 members (excludes halogenated alkanes) is 10. The molecule has 0 amide bonds. The van der Waals surface area contributed by atoms with Crippen molar-refractivity contribution in [1.29, 1.82) is 0 Å². The minimum absolute atomic E-state index is 0.133. The lowest BCUT2D eigenvalue weighted by Crippen LogP contribution is -2.17. The van der Waals surface area contributed by atoms with Gasteiger partial charge in [-0.05, 0) is 44.0 Å². The quantitative estimate of drug-likeness (QED) is 0.0626. The Morgan fingerprint density at radius 2 is 1.67 bits per heavy atom. The number of hydrogen-bond acceptors (Lipinski definition) is 9. The molecule has 2 atom stereocenters. The maximum Gasteiger partial charge on any atom is 0.195 e. The van der Waals surface area contributed by atoms with Crippen LogP contribution in [0.1, 0.15) is 77.6 Å². The average Bonchev–Trinajstić information content (AvgIpc) is 3.41. The van der Waals surface area contributed by atoms with Crippen LogP contribution >= 0.6 is 20.0 Å². The molecule has 0 fully saturated rings. The zero-order chi connectivity index (χ0) is 30.3. The van der Waals surface area contributed by atoms with Crippen LogP contribution in [0.2, 0.25) is 5.02 Å². The molecule has 0 spiro atoms. The third-order valence-corrected chi connectivity index (χ3v) is 8.52. The number of anilines is 2. The second-order valence-corrected chi connectivity index (χ2v) is 12.6. The molecule has 3 heterocycles. The number of fused-ring (bicyclic) bond motifs is 2. The van der Waals surface area contributed by atoms with E-state index in [1.165, 1.54) is 64.1 Å². The van der Waals surface area contributed by atoms with Gasteiger partial charge in [0.15, 0.2) is 19.8 Å². The van der Waals surface area contributed by atoms with E-state index < -0.39 is 8.38 Å². The lowest BCUT2D eigenvalue weighted by Gasteiger charge is -2.16. The van der Waals surface area contributed by atoms with Gasteiger partial charge < -0.3 is 29.8 Å². The fourth-order valence-electron chi connectivity index (χ4n) is 5.08. The highest BCUT2D eigenvalue weighted by Crippen LogP contribution is 2.32. The van der Waals surface area contributed by atoms with E-state index in [4.69, 9.17) is 26.6 Å². The first kappa shape index (κ1) is 33.3. The predicted molar refractivity (Wildman–Crippen MR) is 176 cm³/mol. The SMILES string of the molecule is CC(Cn1cnc2c(N)ncnc21)OCP(O)OCCCCCCCCCCCCCNc1ccnc2cc(Cl)ccc12. The summed E-state index contributed by atoms with van der Waals surface area (Å²) in [5.74, 6) is 0.360. The Labute approximate surface area is 260 Å². The third kappa shape index (κ3) is 11.1. The standard InChI is InChI=1S/C31H45ClN7O3P/c1-24(20-39-22-38-29-30(33)36-21-37-31(29)39)41-23-43(40)42-18-12-10-8-6-4-2-3-5-7-9-11-16-34-27-15-17-35-28-19-25(32)13-14-26(27)28/h13-15,17,19,21-22,24,40H,2-12,16,18,20,23H2,1H3,(H,34,35)(H2,33,36,37). The van der Waals surface area contributed by atoms with Gasteiger partial charge >= 0.3 is 0 Å². The molecule has 4 rings (SSSR count). The topological polar surface area (TPSA) is 133 Å². The Morgan fingerprint density at radius 3 is 2.44 bits per heavy atom. The first-order valence-corrected chi connectivity index (χ1v) is 17.2. The van der Waals surface area contributed by atoms with E-state index in [0.29, 0.717) is 35.2 Å². The molecule has 4 aromatic rings. The third-order valence-electron chi connectivity index (χ3n) is 7.43. The number of nitrogens with one attached hydrogen (secondary N) is 1. The van der Waals surface area contributed by atoms with E-state index >= 15 is 0 Å². The molecule has 3 aromatic heterocycles. The number of nitrogens with zero attached hydrogens (tertiary/aromatic N) is 5. The van der Waals surface area contributed by atoms with E-state index in [0.717, 1.165) is 36.0 Å². The second-order valence-electron chi connectivity index (χ2n) is 11.0. The monoisotopic (exact) mass is 629 g/mol. The van der Waals surface area contributed by atoms with Gasteiger partial charge in [0.05, 0.1) is 31.1 Å². The van der Waals surface area contributed by atoms with Crippen LogP contribution < -0.4 is 11.1 Å². The van der Waals surface area contributed by atoms with Crippen molar-refractivity contribution in [1.82, 2.24) is 24.5 Å². The lowest BCUT2D eigenvalue weighted by atomic mass is 10.1. The Balaban J connectivity index is 0.918. The number of ether oxygens (including phenoxy) is 1. The van der Waals surface area contributed by atoms with Crippen molar-refractivity contribution >= 4 is 53.5 Å². The average molecular weight is 630 g/mol. The van der Waals surface area contributed by atoms with Gasteiger partial charge in [0, 0.05) is 28.8 Å². The van der Waals surface area contributed by atoms with Crippen molar-refractivity contribution in [2.75, 3.05) is 30.6 Å². The molecule has 0 aliphatic carbocycles. The Kier molecular flexibility index (Phi) is 14.1. The Hall–Kier alpha value is -2.62. The number of halogens is 1. The lowest BCUT2D eigenvalue weighted by molar-refractivity contribution is 0.0789. The highest BCUT2D eigenvalue weighted by molar-refractivity contribution is 7.45. The van der Waals surface area contributed by atoms with E-state index in [-0.39, 0.29) is 12.5 Å². The normalized spacial score (nSPS) is 13.1. The molecular formula is C31H45ClN7O3P. The minimum Gasteiger partial charge on any atom is -0.384 e. The van der Waals surface area contributed by atoms with Crippen molar-refractivity contribution < 1.29 is 14.2 Å². The smallest absolute Gasteiger partial charge is 0.195 e. The molecule has 12 heteroatoms. The van der Waals surface area contributed by atoms with Gasteiger partial charge in [-0.15, -0.1) is 0 Å². The summed E-state index contributed by atoms with van der Waals surface area (Å²) in [7, 11) is -1.58. The van der Waals surface area contributed by atoms with Gasteiger partial charge in [0.2, 0.25) is 0 Å². The van der Waals surface area contributed by atoms with E-state index in [1.807, 2.05) is 42.0 Å². The van der Waals surface area contributed by atoms with Crippen molar-refractivity contribution in [3.05, 3.63) is 48.1 Å². The maximum absolute atomic E-state index is 10.2. The van der Waals surface area contributed by atoms with Gasteiger partial charge in [0.1, 0.15) is 18.2 Å². The van der Waals surface area contributed by atoms with E-state index in [9.17, 15) is 4.89 Å². The van der Waals surface area contributed by atoms with Crippen molar-refractivity contribution in [2.45, 2.75) is 90.2 Å². The maximum atomic E-state index is 10.2. The van der Waals surface area contributed by atoms with Gasteiger partial charge in [-0.25, -0.2) is 15.0 Å². The van der Waals surface area contributed by atoms with Crippen LogP contribution in [0.15, 0.2) is 43.1 Å². The van der Waals surface area contributed by atoms with Crippen LogP contribution in [0.5, 0.6) is 0 Å². The van der Waals surface area contributed by atoms with E-state index in [2.05, 4.69) is 25.3 Å². The Morgan fingerprint density at radius 1 is 0.953 bits per heavy atom. The summed E-state index contributed by atoms with van der Waals surface area (Å²) in [5.41, 5.74) is 9.16. The van der Waals surface area contributed by atoms with Crippen LogP contribution in [-0.4, -0.2) is 55.0 Å². The number of nitrogen functional groups attached to an aromatic ring is 1. The summed E-state index contributed by atoms with van der Waals surface area (Å²) in [6.07, 6.45) is 18.5. The summed E-state index contributed by atoms with van der Waals surface area (Å²) in [4.78, 5) is 27.0. The molecule has 4 N–H and O–H groups in total. The molecule has 0 bridgehead atoms. The number of nitrogens with two attached hydrogens (primary N) is 1. The number of hydrogen-bond donors (Lipinski definition) is 3. The second kappa shape index (κ2) is 18.2. The van der Waals surface area contributed by atoms with Crippen LogP contribution in [0, 0.1) is 0 Å². The highest BCUT2D eigenvalue weighted by Gasteiger charge is 2.13. The number of aromatic nitrogens is 5. The molecule has 0 aliphatic rings. The van der Waals surface area contributed by atoms with Crippen LogP contribution in [0.25, 0.3) is 22.1 Å². The van der Waals surface area contributed by atoms with Gasteiger partial charge in [0.25, 0.3) is 0 Å². The van der Waals surface area contributed by atoms with Gasteiger partial charge in [-0.1, -0.05) is 69.4 Å². The van der Waals surface area contributed by atoms with Crippen LogP contribution in [0.3, 0.4) is 0 Å². The van der Waals surface area contributed by atoms with Gasteiger partial charge in [-0.3, -0.25) is 4.98 Å². The largest absolute Gasteiger partial charge is 0.384 e. The molecule has 0 aliphatic heterocycles. The zero-order valence-electron chi connectivity index (χ0n) is 25.1. The van der Waals surface area contributed by atoms with Crippen LogP contribution in [-0.2, 0) is 15.8 Å². The first-order valence-electron chi connectivity index (χ1n) is 15.4. The predicted octanol–water partition coefficient (Wildman–Crippen LogP) is 7.70. The fraction of sp³-hybridized carbons (Fsp3) is 0.548. The number of rotatable bonds is 21. The molecule has 0 saturated heterocycles. The molecule has 0 radical (unpaired) electrons. The first-order chi connectivity index (χ1) is 21.0. The van der Waals surface area contributed by atoms with Crippen molar-refractivity contribution in [3.8, 4) is 0 Å². The summed E-state index contributed by atoms with van der Waals surface area (Å²) < 4.78 is 13.2. The number of benzene rings is 1. The molecule has 10 nitrogen and oxygen atoms in total. The number of imidazole rings is 1. The zero-order valence-corrected chi connectivity index (χ0v) is 26.8. The number of pyridine rings is 1. The molecule has 43 heavy (non-hydrogen) atoms. The molecule has 2 unspecified atom stereocenters. The Bertz CT molecular complexity index is 1390. The minimum atomic E-state index is -1.58. The summed E-state index contributed by atoms with van der Waals surface area (Å²) in [6.45, 7) is 4.05. The van der Waals surface area contributed by atoms with Gasteiger partial charge in [-0.2, -0.15) is 0 Å². The summed E-state index contributed by atoms with van der Waals surface area (Å²) in [6, 6.07) is 7.89. The molecule has 234 valence electrons. The summed E-state index contributed by atoms with van der Waals surface area (Å²) in [5, 5.41) is 5.39. The van der Waals surface area contributed by atoms with Crippen molar-refractivity contribution in [3.63, 3.8) is 0 Å². The highest BCUT2D eigenvalue weighted by atomic mass is 35.5. The molecule has 1 aromatic carbocycles.